The summed E-state index contributed by atoms with van der Waals surface area (Å²) >= 11 is 0. The number of aliphatic hydroxyl groups excluding tert-OH is 2. The Bertz CT molecular complexity index is 523. The number of hydrogen-bond donors (Lipinski definition) is 3. The second-order valence-corrected chi connectivity index (χ2v) is 5.51. The Morgan fingerprint density at radius 3 is 2.60 bits per heavy atom. The van der Waals surface area contributed by atoms with Crippen LogP contribution in [0.15, 0.2) is 30.3 Å². The van der Waals surface area contributed by atoms with Crippen LogP contribution in [0, 0.1) is 0 Å². The van der Waals surface area contributed by atoms with E-state index in [9.17, 15) is 19.8 Å². The van der Waals surface area contributed by atoms with Gasteiger partial charge in [0.25, 0.3) is 0 Å². The van der Waals surface area contributed by atoms with Crippen molar-refractivity contribution in [1.29, 1.82) is 0 Å². The van der Waals surface area contributed by atoms with Crippen LogP contribution in [0.4, 0.5) is 4.79 Å². The van der Waals surface area contributed by atoms with Crippen molar-refractivity contribution < 1.29 is 24.5 Å². The summed E-state index contributed by atoms with van der Waals surface area (Å²) in [7, 11) is 0. The first-order valence-corrected chi connectivity index (χ1v) is 8.63. The Labute approximate surface area is 148 Å². The van der Waals surface area contributed by atoms with Crippen LogP contribution in [0.5, 0.6) is 0 Å². The van der Waals surface area contributed by atoms with Crippen LogP contribution in [-0.2, 0) is 16.1 Å². The molecule has 2 atom stereocenters. The van der Waals surface area contributed by atoms with E-state index in [-0.39, 0.29) is 44.7 Å². The number of hydrogen-bond acceptors (Lipinski definition) is 5. The van der Waals surface area contributed by atoms with E-state index in [2.05, 4.69) is 5.32 Å². The number of likely N-dealkylation sites (tertiary alicyclic amines) is 1. The van der Waals surface area contributed by atoms with Crippen LogP contribution in [0.25, 0.3) is 0 Å². The lowest BCUT2D eigenvalue weighted by Gasteiger charge is -2.22. The molecular weight excluding hydrogens is 324 g/mol. The van der Waals surface area contributed by atoms with Crippen LogP contribution in [0.3, 0.4) is 0 Å². The van der Waals surface area contributed by atoms with Gasteiger partial charge in [-0.05, 0) is 12.0 Å². The third kappa shape index (κ3) is 7.11. The molecule has 2 rings (SSSR count). The van der Waals surface area contributed by atoms with Gasteiger partial charge in [-0.25, -0.2) is 4.79 Å². The highest BCUT2D eigenvalue weighted by molar-refractivity contribution is 5.78. The second-order valence-electron chi connectivity index (χ2n) is 5.51. The van der Waals surface area contributed by atoms with Crippen molar-refractivity contribution in [3.05, 3.63) is 35.9 Å². The highest BCUT2D eigenvalue weighted by atomic mass is 16.5. The molecule has 1 aliphatic heterocycles. The number of carbonyl (C=O) groups excluding carboxylic acids is 2. The largest absolute Gasteiger partial charge is 0.445 e. The first kappa shape index (κ1) is 20.9. The monoisotopic (exact) mass is 352 g/mol. The Morgan fingerprint density at radius 2 is 1.96 bits per heavy atom. The minimum absolute atomic E-state index is 0.101. The quantitative estimate of drug-likeness (QED) is 0.716. The van der Waals surface area contributed by atoms with Gasteiger partial charge in [-0.3, -0.25) is 4.79 Å². The molecule has 1 aliphatic rings. The number of nitrogens with one attached hydrogen (secondary N) is 1. The number of aliphatic hydroxyl groups is 2. The van der Waals surface area contributed by atoms with Gasteiger partial charge in [-0.2, -0.15) is 0 Å². The fraction of sp³-hybridized carbons (Fsp3) is 0.556. The Hall–Kier alpha value is -2.12. The molecular formula is C18H28N2O5. The van der Waals surface area contributed by atoms with E-state index in [1.54, 1.807) is 0 Å². The molecule has 0 saturated carbocycles. The summed E-state index contributed by atoms with van der Waals surface area (Å²) in [6.45, 7) is 4.38. The Balaban J connectivity index is 0.00000151. The molecule has 25 heavy (non-hydrogen) atoms. The Morgan fingerprint density at radius 1 is 1.28 bits per heavy atom. The lowest BCUT2D eigenvalue weighted by atomic mass is 10.2. The number of rotatable bonds is 6. The smallest absolute Gasteiger partial charge is 0.407 e. The predicted molar refractivity (Wildman–Crippen MR) is 93.8 cm³/mol. The highest BCUT2D eigenvalue weighted by Crippen LogP contribution is 2.18. The zero-order valence-electron chi connectivity index (χ0n) is 14.9. The van der Waals surface area contributed by atoms with Gasteiger partial charge in [-0.15, -0.1) is 0 Å². The summed E-state index contributed by atoms with van der Waals surface area (Å²) < 4.78 is 5.04. The van der Waals surface area contributed by atoms with Crippen LogP contribution in [-0.4, -0.2) is 59.0 Å². The summed E-state index contributed by atoms with van der Waals surface area (Å²) in [5.74, 6) is -0.205. The lowest BCUT2D eigenvalue weighted by molar-refractivity contribution is -0.132. The van der Waals surface area contributed by atoms with Crippen molar-refractivity contribution >= 4 is 12.0 Å². The van der Waals surface area contributed by atoms with E-state index in [4.69, 9.17) is 4.74 Å². The summed E-state index contributed by atoms with van der Waals surface area (Å²) in [6, 6.07) is 8.95. The summed E-state index contributed by atoms with van der Waals surface area (Å²) in [6.07, 6.45) is -0.694. The number of alkyl carbamates (subject to hydrolysis) is 1. The van der Waals surface area contributed by atoms with Gasteiger partial charge >= 0.3 is 6.09 Å². The predicted octanol–water partition coefficient (Wildman–Crippen LogP) is 1.28. The van der Waals surface area contributed by atoms with Crippen LogP contribution < -0.4 is 5.32 Å². The topological polar surface area (TPSA) is 99.1 Å². The van der Waals surface area contributed by atoms with Crippen LogP contribution >= 0.6 is 0 Å². The number of carbonyl (C=O) groups is 2. The summed E-state index contributed by atoms with van der Waals surface area (Å²) in [5, 5.41) is 21.3. The fourth-order valence-corrected chi connectivity index (χ4v) is 2.56. The average Bonchev–Trinajstić information content (AvgIpc) is 3.03. The average molecular weight is 352 g/mol. The van der Waals surface area contributed by atoms with E-state index in [0.29, 0.717) is 6.42 Å². The maximum Gasteiger partial charge on any atom is 0.407 e. The first-order valence-electron chi connectivity index (χ1n) is 8.63. The van der Waals surface area contributed by atoms with Gasteiger partial charge in [0.1, 0.15) is 6.61 Å². The van der Waals surface area contributed by atoms with Crippen molar-refractivity contribution in [3.63, 3.8) is 0 Å². The van der Waals surface area contributed by atoms with Gasteiger partial charge in [0.15, 0.2) is 0 Å². The van der Waals surface area contributed by atoms with Gasteiger partial charge in [0.2, 0.25) is 5.91 Å². The molecule has 1 fully saturated rings. The fourth-order valence-electron chi connectivity index (χ4n) is 2.56. The number of amides is 2. The second kappa shape index (κ2) is 11.4. The zero-order chi connectivity index (χ0) is 18.7. The normalized spacial score (nSPS) is 19.0. The molecule has 2 amide bonds. The van der Waals surface area contributed by atoms with E-state index in [0.717, 1.165) is 5.56 Å². The maximum absolute atomic E-state index is 12.0. The van der Waals surface area contributed by atoms with Gasteiger partial charge in [0.05, 0.1) is 18.8 Å². The van der Waals surface area contributed by atoms with Crippen molar-refractivity contribution in [2.45, 2.75) is 45.4 Å². The van der Waals surface area contributed by atoms with Gasteiger partial charge < -0.3 is 25.2 Å². The third-order valence-corrected chi connectivity index (χ3v) is 3.74. The van der Waals surface area contributed by atoms with Crippen LogP contribution in [0.1, 0.15) is 32.3 Å². The molecule has 0 aliphatic carbocycles. The molecule has 0 spiro atoms. The number of β-amino-alcohol motifs (C(OH)–C–C–N with tert-alkyl or cyclic N) is 1. The molecule has 1 heterocycles. The molecule has 7 nitrogen and oxygen atoms in total. The van der Waals surface area contributed by atoms with E-state index in [1.807, 2.05) is 44.2 Å². The van der Waals surface area contributed by atoms with Gasteiger partial charge in [0, 0.05) is 19.5 Å². The highest BCUT2D eigenvalue weighted by Gasteiger charge is 2.33. The molecule has 3 N–H and O–H groups in total. The maximum atomic E-state index is 12.0. The first-order chi connectivity index (χ1) is 12.1. The van der Waals surface area contributed by atoms with Crippen molar-refractivity contribution in [2.24, 2.45) is 0 Å². The molecule has 0 aromatic heterocycles. The molecule has 0 unspecified atom stereocenters. The summed E-state index contributed by atoms with van der Waals surface area (Å²) in [4.78, 5) is 25.0. The van der Waals surface area contributed by atoms with Crippen molar-refractivity contribution in [1.82, 2.24) is 10.2 Å². The SMILES string of the molecule is CC.O=C(NCCC(=O)N1C[C@H](O)C[C@H]1CO)OCc1ccccc1. The molecule has 140 valence electrons. The zero-order valence-corrected chi connectivity index (χ0v) is 14.9. The molecule has 0 bridgehead atoms. The number of nitrogens with zero attached hydrogens (tertiary/aromatic N) is 1. The number of benzene rings is 1. The van der Waals surface area contributed by atoms with Crippen LogP contribution in [0.2, 0.25) is 0 Å². The molecule has 7 heteroatoms. The minimum Gasteiger partial charge on any atom is -0.445 e. The molecule has 1 saturated heterocycles. The summed E-state index contributed by atoms with van der Waals surface area (Å²) in [5.41, 5.74) is 0.885. The molecule has 1 aromatic carbocycles. The molecule has 0 radical (unpaired) electrons. The Kier molecular flexibility index (Phi) is 9.57. The van der Waals surface area contributed by atoms with Gasteiger partial charge in [-0.1, -0.05) is 44.2 Å². The van der Waals surface area contributed by atoms with Crippen molar-refractivity contribution in [3.8, 4) is 0 Å². The number of ether oxygens (including phenoxy) is 1. The molecule has 1 aromatic rings. The standard InChI is InChI=1S/C16H22N2O5.C2H6/c19-10-13-8-14(20)9-18(13)15(21)6-7-17-16(22)23-11-12-4-2-1-3-5-12;1-2/h1-5,13-14,19-20H,6-11H2,(H,17,22);1-2H3/t13-,14+;/m0./s1. The van der Waals surface area contributed by atoms with E-state index >= 15 is 0 Å². The third-order valence-electron chi connectivity index (χ3n) is 3.74. The lowest BCUT2D eigenvalue weighted by Crippen LogP contribution is -2.39. The van der Waals surface area contributed by atoms with E-state index in [1.165, 1.54) is 4.90 Å². The van der Waals surface area contributed by atoms with E-state index < -0.39 is 12.2 Å². The van der Waals surface area contributed by atoms with Crippen molar-refractivity contribution in [2.75, 3.05) is 19.7 Å². The minimum atomic E-state index is -0.597.